The topological polar surface area (TPSA) is 9.23 Å². The Morgan fingerprint density at radius 1 is 0.537 bits per heavy atom. The third kappa shape index (κ3) is 11.2. The predicted octanol–water partition coefficient (Wildman–Crippen LogP) is 11.8. The molecule has 4 rings (SSSR count). The van der Waals surface area contributed by atoms with E-state index in [1.165, 1.54) is 127 Å². The summed E-state index contributed by atoms with van der Waals surface area (Å²) >= 11 is 0. The summed E-state index contributed by atoms with van der Waals surface area (Å²) in [7, 11) is 0. The summed E-state index contributed by atoms with van der Waals surface area (Å²) in [4.78, 5) is 0. The number of rotatable bonds is 18. The Labute approximate surface area is 252 Å². The van der Waals surface area contributed by atoms with Gasteiger partial charge in [0, 0.05) is 13.2 Å². The van der Waals surface area contributed by atoms with Gasteiger partial charge in [-0.2, -0.15) is 0 Å². The van der Waals surface area contributed by atoms with Crippen LogP contribution in [0.2, 0.25) is 0 Å². The second kappa shape index (κ2) is 18.4. The second-order valence-corrected chi connectivity index (χ2v) is 12.9. The standard InChI is InChI=1S/C40H58O/c1-3-5-11-33-15-23-37(24-16-33)39-27-19-35(20-28-39)13-7-9-31-41-32-10-8-14-36-21-29-40(30-22-36)38-25-17-34(18-26-38)12-6-4-2/h15-19,21,23-26,39-40H,3-14,20,22,27-32H2,1-2H3. The number of ether oxygens (including phenoxy) is 1. The van der Waals surface area contributed by atoms with Crippen molar-refractivity contribution in [1.29, 1.82) is 0 Å². The van der Waals surface area contributed by atoms with Gasteiger partial charge in [0.25, 0.3) is 0 Å². The predicted molar refractivity (Wildman–Crippen MR) is 178 cm³/mol. The average Bonchev–Trinajstić information content (AvgIpc) is 3.03. The van der Waals surface area contributed by atoms with Crippen LogP contribution < -0.4 is 0 Å². The smallest absolute Gasteiger partial charge is 0.0466 e. The Morgan fingerprint density at radius 2 is 0.976 bits per heavy atom. The molecule has 41 heavy (non-hydrogen) atoms. The van der Waals surface area contributed by atoms with Gasteiger partial charge in [0.05, 0.1) is 0 Å². The minimum atomic E-state index is 0.723. The lowest BCUT2D eigenvalue weighted by Crippen LogP contribution is -2.05. The molecule has 0 saturated heterocycles. The molecule has 0 bridgehead atoms. The maximum absolute atomic E-state index is 5.99. The molecule has 1 heteroatoms. The van der Waals surface area contributed by atoms with Crippen LogP contribution in [0.4, 0.5) is 0 Å². The van der Waals surface area contributed by atoms with Gasteiger partial charge < -0.3 is 4.74 Å². The molecule has 2 aliphatic carbocycles. The van der Waals surface area contributed by atoms with Crippen molar-refractivity contribution in [2.45, 2.75) is 141 Å². The van der Waals surface area contributed by atoms with Crippen LogP contribution in [0.3, 0.4) is 0 Å². The molecule has 2 unspecified atom stereocenters. The monoisotopic (exact) mass is 554 g/mol. The summed E-state index contributed by atoms with van der Waals surface area (Å²) in [5.74, 6) is 1.45. The van der Waals surface area contributed by atoms with Gasteiger partial charge in [-0.15, -0.1) is 0 Å². The van der Waals surface area contributed by atoms with E-state index >= 15 is 0 Å². The lowest BCUT2D eigenvalue weighted by atomic mass is 9.83. The fourth-order valence-electron chi connectivity index (χ4n) is 6.73. The fraction of sp³-hybridized carbons (Fsp3) is 0.600. The van der Waals surface area contributed by atoms with Crippen molar-refractivity contribution in [3.8, 4) is 0 Å². The zero-order valence-electron chi connectivity index (χ0n) is 26.5. The lowest BCUT2D eigenvalue weighted by Gasteiger charge is -2.23. The Bertz CT molecular complexity index is 956. The number of hydrogen-bond acceptors (Lipinski definition) is 1. The highest BCUT2D eigenvalue weighted by Crippen LogP contribution is 2.35. The minimum Gasteiger partial charge on any atom is -0.381 e. The van der Waals surface area contributed by atoms with Gasteiger partial charge in [-0.25, -0.2) is 0 Å². The summed E-state index contributed by atoms with van der Waals surface area (Å²) in [6.45, 7) is 6.41. The van der Waals surface area contributed by atoms with E-state index in [9.17, 15) is 0 Å². The third-order valence-electron chi connectivity index (χ3n) is 9.62. The second-order valence-electron chi connectivity index (χ2n) is 12.9. The molecular weight excluding hydrogens is 496 g/mol. The minimum absolute atomic E-state index is 0.723. The first kappa shape index (κ1) is 31.8. The summed E-state index contributed by atoms with van der Waals surface area (Å²) in [5, 5.41) is 0. The highest BCUT2D eigenvalue weighted by molar-refractivity contribution is 5.29. The molecule has 0 N–H and O–H groups in total. The van der Waals surface area contributed by atoms with Crippen LogP contribution >= 0.6 is 0 Å². The maximum atomic E-state index is 5.99. The normalized spacial score (nSPS) is 19.2. The molecular formula is C40H58O. The van der Waals surface area contributed by atoms with Crippen LogP contribution in [0.5, 0.6) is 0 Å². The average molecular weight is 555 g/mol. The Morgan fingerprint density at radius 3 is 1.34 bits per heavy atom. The highest BCUT2D eigenvalue weighted by atomic mass is 16.5. The Kier molecular flexibility index (Phi) is 14.3. The number of benzene rings is 2. The number of allylic oxidation sites excluding steroid dienone is 4. The highest BCUT2D eigenvalue weighted by Gasteiger charge is 2.17. The first-order chi connectivity index (χ1) is 20.2. The van der Waals surface area contributed by atoms with E-state index in [0.717, 1.165) is 25.0 Å². The van der Waals surface area contributed by atoms with Gasteiger partial charge in [-0.05, 0) is 137 Å². The van der Waals surface area contributed by atoms with Crippen LogP contribution in [-0.2, 0) is 17.6 Å². The molecule has 0 heterocycles. The van der Waals surface area contributed by atoms with E-state index in [2.05, 4.69) is 74.5 Å². The molecule has 0 radical (unpaired) electrons. The molecule has 0 spiro atoms. The Hall–Kier alpha value is -2.12. The Balaban J connectivity index is 0.999. The van der Waals surface area contributed by atoms with E-state index in [-0.39, 0.29) is 0 Å². The molecule has 0 fully saturated rings. The van der Waals surface area contributed by atoms with Crippen molar-refractivity contribution in [3.05, 3.63) is 94.1 Å². The lowest BCUT2D eigenvalue weighted by molar-refractivity contribution is 0.126. The van der Waals surface area contributed by atoms with Crippen LogP contribution in [-0.4, -0.2) is 13.2 Å². The van der Waals surface area contributed by atoms with Crippen LogP contribution in [0, 0.1) is 0 Å². The largest absolute Gasteiger partial charge is 0.381 e. The third-order valence-corrected chi connectivity index (χ3v) is 9.62. The van der Waals surface area contributed by atoms with E-state index in [1.807, 2.05) is 0 Å². The van der Waals surface area contributed by atoms with Crippen LogP contribution in [0.1, 0.15) is 151 Å². The number of aryl methyl sites for hydroxylation is 2. The van der Waals surface area contributed by atoms with E-state index in [4.69, 9.17) is 4.74 Å². The molecule has 2 aromatic carbocycles. The van der Waals surface area contributed by atoms with Crippen molar-refractivity contribution in [2.75, 3.05) is 13.2 Å². The molecule has 0 aliphatic heterocycles. The molecule has 2 aliphatic rings. The zero-order valence-corrected chi connectivity index (χ0v) is 26.5. The van der Waals surface area contributed by atoms with Gasteiger partial charge in [0.2, 0.25) is 0 Å². The molecule has 2 atom stereocenters. The van der Waals surface area contributed by atoms with Crippen LogP contribution in [0.25, 0.3) is 0 Å². The molecule has 2 aromatic rings. The van der Waals surface area contributed by atoms with E-state index < -0.39 is 0 Å². The summed E-state index contributed by atoms with van der Waals surface area (Å²) in [5.41, 5.74) is 9.46. The van der Waals surface area contributed by atoms with Crippen molar-refractivity contribution in [1.82, 2.24) is 0 Å². The number of hydrogen-bond donors (Lipinski definition) is 0. The number of unbranched alkanes of at least 4 members (excludes halogenated alkanes) is 4. The summed E-state index contributed by atoms with van der Waals surface area (Å²) in [6.07, 6.45) is 27.8. The molecule has 1 nitrogen and oxygen atoms in total. The van der Waals surface area contributed by atoms with E-state index in [1.54, 1.807) is 22.3 Å². The molecule has 0 saturated carbocycles. The van der Waals surface area contributed by atoms with Gasteiger partial charge in [-0.3, -0.25) is 0 Å². The first-order valence-electron chi connectivity index (χ1n) is 17.4. The van der Waals surface area contributed by atoms with E-state index in [0.29, 0.717) is 0 Å². The molecule has 0 amide bonds. The summed E-state index contributed by atoms with van der Waals surface area (Å²) < 4.78 is 5.99. The van der Waals surface area contributed by atoms with Crippen molar-refractivity contribution < 1.29 is 4.74 Å². The van der Waals surface area contributed by atoms with Gasteiger partial charge in [0.15, 0.2) is 0 Å². The van der Waals surface area contributed by atoms with Gasteiger partial charge >= 0.3 is 0 Å². The van der Waals surface area contributed by atoms with Crippen molar-refractivity contribution in [3.63, 3.8) is 0 Å². The SMILES string of the molecule is CCCCc1ccc(C2CC=C(CCCCOCCCCC3=CCC(c4ccc(CCCC)cc4)CC3)CC2)cc1. The quantitative estimate of drug-likeness (QED) is 0.131. The molecule has 224 valence electrons. The van der Waals surface area contributed by atoms with Crippen molar-refractivity contribution in [2.24, 2.45) is 0 Å². The zero-order chi connectivity index (χ0) is 28.5. The van der Waals surface area contributed by atoms with Gasteiger partial charge in [0.1, 0.15) is 0 Å². The van der Waals surface area contributed by atoms with Gasteiger partial charge in [-0.1, -0.05) is 98.5 Å². The van der Waals surface area contributed by atoms with Crippen LogP contribution in [0.15, 0.2) is 71.8 Å². The van der Waals surface area contributed by atoms with Crippen molar-refractivity contribution >= 4 is 0 Å². The molecule has 0 aromatic heterocycles. The first-order valence-corrected chi connectivity index (χ1v) is 17.4. The fourth-order valence-corrected chi connectivity index (χ4v) is 6.73. The summed E-state index contributed by atoms with van der Waals surface area (Å²) in [6, 6.07) is 19.0. The maximum Gasteiger partial charge on any atom is 0.0466 e.